The van der Waals surface area contributed by atoms with E-state index in [4.69, 9.17) is 16.7 Å². The highest BCUT2D eigenvalue weighted by Crippen LogP contribution is 2.32. The summed E-state index contributed by atoms with van der Waals surface area (Å²) in [4.78, 5) is 14.8. The Morgan fingerprint density at radius 1 is 1.00 bits per heavy atom. The summed E-state index contributed by atoms with van der Waals surface area (Å²) >= 11 is 5.97. The molecule has 0 radical (unpaired) electrons. The minimum Gasteiger partial charge on any atom is -0.328 e. The fraction of sp³-hybridized carbons (Fsp3) is 0.167. The normalized spacial score (nSPS) is 13.0. The third-order valence-corrected chi connectivity index (χ3v) is 5.79. The van der Waals surface area contributed by atoms with Gasteiger partial charge < -0.3 is 9.47 Å². The zero-order valence-corrected chi connectivity index (χ0v) is 17.6. The van der Waals surface area contributed by atoms with Gasteiger partial charge in [-0.05, 0) is 61.9 Å². The van der Waals surface area contributed by atoms with Crippen molar-refractivity contribution in [1.29, 1.82) is 0 Å². The number of hydrogen-bond donors (Lipinski definition) is 0. The Labute approximate surface area is 180 Å². The van der Waals surface area contributed by atoms with Crippen LogP contribution in [0.15, 0.2) is 67.0 Å². The van der Waals surface area contributed by atoms with Crippen molar-refractivity contribution >= 4 is 17.5 Å². The number of carbonyl (C=O) groups excluding carboxylic acids is 1. The number of benzene rings is 2. The standard InChI is InChI=1S/C24H21ClN4O/c1-16-5-10-22(17(2)13-16)29-23(27-11-3-4-12-27)20-14-28(15-21(20)26-29)24(30)18-6-8-19(25)9-7-18/h3-13H,14-15H2,1-2H3. The van der Waals surface area contributed by atoms with E-state index < -0.39 is 0 Å². The van der Waals surface area contributed by atoms with Crippen molar-refractivity contribution < 1.29 is 4.79 Å². The maximum atomic E-state index is 13.0. The van der Waals surface area contributed by atoms with Crippen LogP contribution in [-0.4, -0.2) is 25.2 Å². The quantitative estimate of drug-likeness (QED) is 0.467. The van der Waals surface area contributed by atoms with Gasteiger partial charge in [-0.3, -0.25) is 4.79 Å². The summed E-state index contributed by atoms with van der Waals surface area (Å²) in [7, 11) is 0. The first kappa shape index (κ1) is 18.7. The maximum absolute atomic E-state index is 13.0. The van der Waals surface area contributed by atoms with E-state index >= 15 is 0 Å². The van der Waals surface area contributed by atoms with E-state index in [2.05, 4.69) is 36.6 Å². The van der Waals surface area contributed by atoms with Crippen molar-refractivity contribution in [3.05, 3.63) is 100.0 Å². The van der Waals surface area contributed by atoms with Crippen molar-refractivity contribution in [2.45, 2.75) is 26.9 Å². The molecule has 0 N–H and O–H groups in total. The van der Waals surface area contributed by atoms with Crippen LogP contribution in [0.2, 0.25) is 5.02 Å². The molecule has 1 amide bonds. The number of fused-ring (bicyclic) bond motifs is 1. The molecular weight excluding hydrogens is 396 g/mol. The number of aryl methyl sites for hydroxylation is 2. The number of rotatable bonds is 3. The fourth-order valence-corrected chi connectivity index (χ4v) is 4.20. The van der Waals surface area contributed by atoms with Crippen LogP contribution in [0.1, 0.15) is 32.7 Å². The molecule has 6 heteroatoms. The molecule has 0 atom stereocenters. The predicted octanol–water partition coefficient (Wildman–Crippen LogP) is 5.09. The van der Waals surface area contributed by atoms with E-state index in [1.165, 1.54) is 11.1 Å². The minimum atomic E-state index is -0.0128. The largest absolute Gasteiger partial charge is 0.328 e. The van der Waals surface area contributed by atoms with Crippen LogP contribution in [0.25, 0.3) is 11.5 Å². The van der Waals surface area contributed by atoms with E-state index in [-0.39, 0.29) is 5.91 Å². The molecule has 30 heavy (non-hydrogen) atoms. The lowest BCUT2D eigenvalue weighted by Crippen LogP contribution is -2.26. The second-order valence-electron chi connectivity index (χ2n) is 7.71. The van der Waals surface area contributed by atoms with E-state index in [0.29, 0.717) is 23.7 Å². The Morgan fingerprint density at radius 3 is 2.43 bits per heavy atom. The van der Waals surface area contributed by atoms with Crippen molar-refractivity contribution in [3.8, 4) is 11.5 Å². The molecule has 0 bridgehead atoms. The summed E-state index contributed by atoms with van der Waals surface area (Å²) < 4.78 is 4.07. The van der Waals surface area contributed by atoms with Crippen molar-refractivity contribution in [2.24, 2.45) is 0 Å². The Kier molecular flexibility index (Phi) is 4.48. The molecule has 0 aliphatic carbocycles. The molecule has 3 heterocycles. The summed E-state index contributed by atoms with van der Waals surface area (Å²) in [6.45, 7) is 5.20. The van der Waals surface area contributed by atoms with Crippen molar-refractivity contribution in [3.63, 3.8) is 0 Å². The van der Waals surface area contributed by atoms with E-state index in [9.17, 15) is 4.79 Å². The minimum absolute atomic E-state index is 0.0128. The molecule has 1 aliphatic heterocycles. The van der Waals surface area contributed by atoms with Gasteiger partial charge in [0.1, 0.15) is 5.82 Å². The van der Waals surface area contributed by atoms with Gasteiger partial charge in [0.2, 0.25) is 0 Å². The van der Waals surface area contributed by atoms with Crippen molar-refractivity contribution in [1.82, 2.24) is 19.2 Å². The highest BCUT2D eigenvalue weighted by atomic mass is 35.5. The molecule has 0 saturated carbocycles. The average Bonchev–Trinajstić information content (AvgIpc) is 3.44. The Balaban J connectivity index is 1.56. The summed E-state index contributed by atoms with van der Waals surface area (Å²) in [6, 6.07) is 17.4. The lowest BCUT2D eigenvalue weighted by Gasteiger charge is -2.18. The molecule has 2 aromatic heterocycles. The Morgan fingerprint density at radius 2 is 1.73 bits per heavy atom. The van der Waals surface area contributed by atoms with Crippen LogP contribution in [0, 0.1) is 13.8 Å². The van der Waals surface area contributed by atoms with E-state index in [1.54, 1.807) is 24.3 Å². The smallest absolute Gasteiger partial charge is 0.254 e. The molecule has 0 spiro atoms. The average molecular weight is 417 g/mol. The van der Waals surface area contributed by atoms with Gasteiger partial charge in [0.15, 0.2) is 0 Å². The number of halogens is 1. The van der Waals surface area contributed by atoms with Crippen LogP contribution < -0.4 is 0 Å². The molecule has 2 aromatic carbocycles. The molecule has 5 nitrogen and oxygen atoms in total. The van der Waals surface area contributed by atoms with Gasteiger partial charge in [-0.15, -0.1) is 0 Å². The molecule has 150 valence electrons. The lowest BCUT2D eigenvalue weighted by molar-refractivity contribution is 0.0749. The topological polar surface area (TPSA) is 43.1 Å². The van der Waals surface area contributed by atoms with E-state index in [1.807, 2.05) is 34.1 Å². The van der Waals surface area contributed by atoms with Gasteiger partial charge in [-0.1, -0.05) is 29.3 Å². The van der Waals surface area contributed by atoms with Gasteiger partial charge in [0.05, 0.1) is 24.5 Å². The molecule has 0 unspecified atom stereocenters. The summed E-state index contributed by atoms with van der Waals surface area (Å²) in [6.07, 6.45) is 4.03. The summed E-state index contributed by atoms with van der Waals surface area (Å²) in [5.74, 6) is 0.967. The summed E-state index contributed by atoms with van der Waals surface area (Å²) in [5.41, 5.74) is 6.08. The summed E-state index contributed by atoms with van der Waals surface area (Å²) in [5, 5.41) is 5.55. The fourth-order valence-electron chi connectivity index (χ4n) is 4.07. The second-order valence-corrected chi connectivity index (χ2v) is 8.15. The SMILES string of the molecule is Cc1ccc(-n2nc3c(c2-n2cccc2)CN(C(=O)c2ccc(Cl)cc2)C3)c(C)c1. The van der Waals surface area contributed by atoms with Crippen LogP contribution in [-0.2, 0) is 13.1 Å². The van der Waals surface area contributed by atoms with Gasteiger partial charge in [-0.2, -0.15) is 5.10 Å². The first-order valence-corrected chi connectivity index (χ1v) is 10.3. The Bertz CT molecular complexity index is 1240. The second kappa shape index (κ2) is 7.18. The predicted molar refractivity (Wildman–Crippen MR) is 117 cm³/mol. The number of hydrogen-bond acceptors (Lipinski definition) is 2. The van der Waals surface area contributed by atoms with Crippen molar-refractivity contribution in [2.75, 3.05) is 0 Å². The third kappa shape index (κ3) is 3.12. The number of carbonyl (C=O) groups is 1. The third-order valence-electron chi connectivity index (χ3n) is 5.54. The highest BCUT2D eigenvalue weighted by molar-refractivity contribution is 6.30. The van der Waals surface area contributed by atoms with Crippen LogP contribution in [0.5, 0.6) is 0 Å². The van der Waals surface area contributed by atoms with Crippen LogP contribution in [0.4, 0.5) is 0 Å². The van der Waals surface area contributed by atoms with Crippen LogP contribution in [0.3, 0.4) is 0 Å². The van der Waals surface area contributed by atoms with Crippen LogP contribution >= 0.6 is 11.6 Å². The molecule has 4 aromatic rings. The molecule has 5 rings (SSSR count). The zero-order chi connectivity index (χ0) is 20.8. The highest BCUT2D eigenvalue weighted by Gasteiger charge is 2.32. The monoisotopic (exact) mass is 416 g/mol. The first-order chi connectivity index (χ1) is 14.5. The number of amides is 1. The first-order valence-electron chi connectivity index (χ1n) is 9.88. The Hall–Kier alpha value is -3.31. The van der Waals surface area contributed by atoms with Gasteiger partial charge in [0, 0.05) is 28.5 Å². The molecule has 0 fully saturated rings. The lowest BCUT2D eigenvalue weighted by atomic mass is 10.1. The molecule has 0 saturated heterocycles. The zero-order valence-electron chi connectivity index (χ0n) is 16.8. The van der Waals surface area contributed by atoms with E-state index in [0.717, 1.165) is 22.8 Å². The van der Waals surface area contributed by atoms with Gasteiger partial charge in [0.25, 0.3) is 5.91 Å². The number of nitrogens with zero attached hydrogens (tertiary/aromatic N) is 4. The van der Waals surface area contributed by atoms with Gasteiger partial charge >= 0.3 is 0 Å². The molecular formula is C24H21ClN4O. The van der Waals surface area contributed by atoms with Gasteiger partial charge in [-0.25, -0.2) is 4.68 Å². The molecule has 1 aliphatic rings. The number of aromatic nitrogens is 3. The maximum Gasteiger partial charge on any atom is 0.254 e.